The summed E-state index contributed by atoms with van der Waals surface area (Å²) in [4.78, 5) is 11.1. The third kappa shape index (κ3) is 2.42. The van der Waals surface area contributed by atoms with Crippen molar-refractivity contribution in [3.8, 4) is 0 Å². The van der Waals surface area contributed by atoms with Crippen molar-refractivity contribution in [1.29, 1.82) is 0 Å². The molecule has 16 heavy (non-hydrogen) atoms. The fourth-order valence-corrected chi connectivity index (χ4v) is 2.28. The number of nitrogens with one attached hydrogen (secondary N) is 1. The molecule has 86 valence electrons. The molecule has 1 aromatic carbocycles. The molecule has 0 bridgehead atoms. The van der Waals surface area contributed by atoms with E-state index in [4.69, 9.17) is 5.73 Å². The number of piperidine rings is 1. The molecule has 3 N–H and O–H groups in total. The normalized spacial score (nSPS) is 25.3. The van der Waals surface area contributed by atoms with Gasteiger partial charge in [0.05, 0.1) is 6.04 Å². The number of amides is 1. The van der Waals surface area contributed by atoms with Crippen molar-refractivity contribution in [3.05, 3.63) is 35.4 Å². The summed E-state index contributed by atoms with van der Waals surface area (Å²) in [6, 6.07) is 8.39. The fourth-order valence-electron chi connectivity index (χ4n) is 2.28. The van der Waals surface area contributed by atoms with Gasteiger partial charge in [0, 0.05) is 0 Å². The lowest BCUT2D eigenvalue weighted by Crippen LogP contribution is -2.46. The van der Waals surface area contributed by atoms with Crippen molar-refractivity contribution in [3.63, 3.8) is 0 Å². The molecular weight excluding hydrogens is 200 g/mol. The molecule has 1 aromatic rings. The summed E-state index contributed by atoms with van der Waals surface area (Å²) >= 11 is 0. The summed E-state index contributed by atoms with van der Waals surface area (Å²) in [5.41, 5.74) is 7.92. The maximum atomic E-state index is 11.1. The summed E-state index contributed by atoms with van der Waals surface area (Å²) < 4.78 is 0. The molecule has 0 aromatic heterocycles. The van der Waals surface area contributed by atoms with Crippen LogP contribution < -0.4 is 11.1 Å². The third-order valence-corrected chi connectivity index (χ3v) is 3.30. The Morgan fingerprint density at radius 2 is 2.06 bits per heavy atom. The molecule has 2 unspecified atom stereocenters. The molecule has 0 spiro atoms. The summed E-state index contributed by atoms with van der Waals surface area (Å²) in [5.74, 6) is 0.219. The van der Waals surface area contributed by atoms with Crippen LogP contribution in [0.2, 0.25) is 0 Å². The number of aryl methyl sites for hydroxylation is 1. The third-order valence-electron chi connectivity index (χ3n) is 3.30. The molecule has 1 fully saturated rings. The smallest absolute Gasteiger partial charge is 0.234 e. The zero-order valence-electron chi connectivity index (χ0n) is 9.57. The van der Waals surface area contributed by atoms with E-state index in [1.807, 2.05) is 0 Å². The van der Waals surface area contributed by atoms with Crippen LogP contribution in [0.25, 0.3) is 0 Å². The van der Waals surface area contributed by atoms with E-state index in [9.17, 15) is 4.79 Å². The Balaban J connectivity index is 2.09. The lowest BCUT2D eigenvalue weighted by Gasteiger charge is -2.28. The van der Waals surface area contributed by atoms with Crippen molar-refractivity contribution < 1.29 is 4.79 Å². The molecule has 3 heteroatoms. The number of hydrogen-bond acceptors (Lipinski definition) is 2. The second-order valence-corrected chi connectivity index (χ2v) is 4.54. The molecule has 2 rings (SSSR count). The van der Waals surface area contributed by atoms with Crippen LogP contribution in [-0.2, 0) is 4.79 Å². The molecule has 0 saturated carbocycles. The first-order chi connectivity index (χ1) is 7.66. The summed E-state index contributed by atoms with van der Waals surface area (Å²) in [5, 5.41) is 3.16. The highest BCUT2D eigenvalue weighted by atomic mass is 16.1. The van der Waals surface area contributed by atoms with Crippen molar-refractivity contribution in [2.75, 3.05) is 6.54 Å². The number of rotatable bonds is 2. The fraction of sp³-hybridized carbons (Fsp3) is 0.462. The highest BCUT2D eigenvalue weighted by Crippen LogP contribution is 2.27. The molecule has 0 radical (unpaired) electrons. The quantitative estimate of drug-likeness (QED) is 0.786. The number of hydrogen-bond donors (Lipinski definition) is 2. The standard InChI is InChI=1S/C13H18N2O/c1-9-2-4-10(5-3-9)11-6-7-15-12(8-11)13(14)16/h2-5,11-12,15H,6-8H2,1H3,(H2,14,16). The van der Waals surface area contributed by atoms with Crippen LogP contribution in [0.3, 0.4) is 0 Å². The van der Waals surface area contributed by atoms with Crippen LogP contribution in [0.5, 0.6) is 0 Å². The predicted octanol–water partition coefficient (Wildman–Crippen LogP) is 1.32. The van der Waals surface area contributed by atoms with E-state index in [0.29, 0.717) is 5.92 Å². The first kappa shape index (κ1) is 11.1. The number of nitrogens with two attached hydrogens (primary N) is 1. The topological polar surface area (TPSA) is 55.1 Å². The van der Waals surface area contributed by atoms with Gasteiger partial charge in [0.1, 0.15) is 0 Å². The average Bonchev–Trinajstić information content (AvgIpc) is 2.30. The Kier molecular flexibility index (Phi) is 3.25. The van der Waals surface area contributed by atoms with Gasteiger partial charge >= 0.3 is 0 Å². The lowest BCUT2D eigenvalue weighted by molar-refractivity contribution is -0.120. The second-order valence-electron chi connectivity index (χ2n) is 4.54. The maximum absolute atomic E-state index is 11.1. The SMILES string of the molecule is Cc1ccc(C2CCNC(C(N)=O)C2)cc1. The molecular formula is C13H18N2O. The van der Waals surface area contributed by atoms with E-state index in [1.54, 1.807) is 0 Å². The highest BCUT2D eigenvalue weighted by Gasteiger charge is 2.25. The van der Waals surface area contributed by atoms with Crippen molar-refractivity contribution in [1.82, 2.24) is 5.32 Å². The zero-order valence-corrected chi connectivity index (χ0v) is 9.57. The number of carbonyl (C=O) groups is 1. The largest absolute Gasteiger partial charge is 0.368 e. The molecule has 0 aliphatic carbocycles. The molecule has 3 nitrogen and oxygen atoms in total. The second kappa shape index (κ2) is 4.66. The van der Waals surface area contributed by atoms with E-state index in [2.05, 4.69) is 36.5 Å². The van der Waals surface area contributed by atoms with Gasteiger partial charge in [-0.2, -0.15) is 0 Å². The molecule has 1 heterocycles. The maximum Gasteiger partial charge on any atom is 0.234 e. The van der Waals surface area contributed by atoms with E-state index in [1.165, 1.54) is 11.1 Å². The highest BCUT2D eigenvalue weighted by molar-refractivity contribution is 5.80. The van der Waals surface area contributed by atoms with Crippen molar-refractivity contribution in [2.45, 2.75) is 31.7 Å². The predicted molar refractivity (Wildman–Crippen MR) is 64.1 cm³/mol. The molecule has 2 atom stereocenters. The van der Waals surface area contributed by atoms with Gasteiger partial charge < -0.3 is 11.1 Å². The minimum atomic E-state index is -0.239. The Labute approximate surface area is 96.0 Å². The summed E-state index contributed by atoms with van der Waals surface area (Å²) in [6.45, 7) is 2.95. The number of benzene rings is 1. The van der Waals surface area contributed by atoms with Gasteiger partial charge in [-0.1, -0.05) is 29.8 Å². The zero-order chi connectivity index (χ0) is 11.5. The van der Waals surface area contributed by atoms with Gasteiger partial charge in [0.25, 0.3) is 0 Å². The van der Waals surface area contributed by atoms with Crippen LogP contribution >= 0.6 is 0 Å². The lowest BCUT2D eigenvalue weighted by atomic mass is 9.86. The van der Waals surface area contributed by atoms with E-state index in [-0.39, 0.29) is 11.9 Å². The van der Waals surface area contributed by atoms with Crippen LogP contribution in [0.4, 0.5) is 0 Å². The Bertz CT molecular complexity index is 372. The Morgan fingerprint density at radius 3 is 2.69 bits per heavy atom. The molecule has 1 aliphatic rings. The van der Waals surface area contributed by atoms with E-state index >= 15 is 0 Å². The number of primary amides is 1. The minimum Gasteiger partial charge on any atom is -0.368 e. The summed E-state index contributed by atoms with van der Waals surface area (Å²) in [7, 11) is 0. The van der Waals surface area contributed by atoms with Gasteiger partial charge in [-0.05, 0) is 37.8 Å². The van der Waals surface area contributed by atoms with E-state index in [0.717, 1.165) is 19.4 Å². The van der Waals surface area contributed by atoms with Gasteiger partial charge in [-0.25, -0.2) is 0 Å². The molecule has 1 aliphatic heterocycles. The van der Waals surface area contributed by atoms with Gasteiger partial charge in [-0.3, -0.25) is 4.79 Å². The van der Waals surface area contributed by atoms with Gasteiger partial charge in [0.2, 0.25) is 5.91 Å². The van der Waals surface area contributed by atoms with Gasteiger partial charge in [-0.15, -0.1) is 0 Å². The van der Waals surface area contributed by atoms with E-state index < -0.39 is 0 Å². The monoisotopic (exact) mass is 218 g/mol. The van der Waals surface area contributed by atoms with Crippen LogP contribution in [-0.4, -0.2) is 18.5 Å². The molecule has 1 saturated heterocycles. The average molecular weight is 218 g/mol. The molecule has 1 amide bonds. The first-order valence-corrected chi connectivity index (χ1v) is 5.76. The Hall–Kier alpha value is -1.35. The first-order valence-electron chi connectivity index (χ1n) is 5.76. The van der Waals surface area contributed by atoms with Gasteiger partial charge in [0.15, 0.2) is 0 Å². The summed E-state index contributed by atoms with van der Waals surface area (Å²) in [6.07, 6.45) is 1.89. The van der Waals surface area contributed by atoms with Crippen LogP contribution in [0.1, 0.15) is 29.9 Å². The number of carbonyl (C=O) groups excluding carboxylic acids is 1. The minimum absolute atomic E-state index is 0.167. The van der Waals surface area contributed by atoms with Crippen molar-refractivity contribution >= 4 is 5.91 Å². The van der Waals surface area contributed by atoms with Crippen LogP contribution in [0, 0.1) is 6.92 Å². The van der Waals surface area contributed by atoms with Crippen LogP contribution in [0.15, 0.2) is 24.3 Å². The van der Waals surface area contributed by atoms with Crippen molar-refractivity contribution in [2.24, 2.45) is 5.73 Å². The Morgan fingerprint density at radius 1 is 1.38 bits per heavy atom.